The van der Waals surface area contributed by atoms with Gasteiger partial charge in [-0.3, -0.25) is 0 Å². The third kappa shape index (κ3) is 5.15. The molecule has 3 aliphatic rings. The Kier molecular flexibility index (Phi) is 6.74. The van der Waals surface area contributed by atoms with Gasteiger partial charge >= 0.3 is 0 Å². The average molecular weight is 358 g/mol. The molecular weight excluding hydrogens is 324 g/mol. The zero-order valence-electron chi connectivity index (χ0n) is 15.9. The maximum atomic E-state index is 9.75. The van der Waals surface area contributed by atoms with Crippen molar-refractivity contribution in [2.75, 3.05) is 0 Å². The topological polar surface area (TPSA) is 66.4 Å². The summed E-state index contributed by atoms with van der Waals surface area (Å²) in [5.74, 6) is 0. The fourth-order valence-corrected chi connectivity index (χ4v) is 3.97. The summed E-state index contributed by atoms with van der Waals surface area (Å²) in [5, 5.41) is 9.75. The van der Waals surface area contributed by atoms with E-state index in [4.69, 9.17) is 23.7 Å². The van der Waals surface area contributed by atoms with Gasteiger partial charge in [-0.1, -0.05) is 0 Å². The molecule has 3 heterocycles. The van der Waals surface area contributed by atoms with Crippen LogP contribution >= 0.6 is 0 Å². The molecule has 0 aliphatic carbocycles. The van der Waals surface area contributed by atoms with Crippen molar-refractivity contribution in [1.82, 2.24) is 0 Å². The second-order valence-electron chi connectivity index (χ2n) is 7.84. The van der Waals surface area contributed by atoms with Crippen molar-refractivity contribution < 1.29 is 28.8 Å². The quantitative estimate of drug-likeness (QED) is 0.834. The summed E-state index contributed by atoms with van der Waals surface area (Å²) in [4.78, 5) is 0. The van der Waals surface area contributed by atoms with Crippen molar-refractivity contribution in [2.24, 2.45) is 0 Å². The highest BCUT2D eigenvalue weighted by Crippen LogP contribution is 2.30. The lowest BCUT2D eigenvalue weighted by Crippen LogP contribution is -2.47. The molecule has 3 rings (SSSR count). The Morgan fingerprint density at radius 2 is 1.16 bits per heavy atom. The van der Waals surface area contributed by atoms with Gasteiger partial charge in [0.1, 0.15) is 0 Å². The molecule has 0 aromatic heterocycles. The molecule has 0 saturated carbocycles. The van der Waals surface area contributed by atoms with E-state index in [9.17, 15) is 5.11 Å². The van der Waals surface area contributed by atoms with Crippen LogP contribution in [0.1, 0.15) is 66.2 Å². The minimum Gasteiger partial charge on any atom is -0.390 e. The van der Waals surface area contributed by atoms with E-state index in [2.05, 4.69) is 13.8 Å². The van der Waals surface area contributed by atoms with Crippen LogP contribution in [0.5, 0.6) is 0 Å². The number of ether oxygens (including phenoxy) is 5. The first kappa shape index (κ1) is 19.5. The summed E-state index contributed by atoms with van der Waals surface area (Å²) in [6.07, 6.45) is 4.71. The van der Waals surface area contributed by atoms with Crippen LogP contribution < -0.4 is 0 Å². The van der Waals surface area contributed by atoms with Gasteiger partial charge in [-0.15, -0.1) is 0 Å². The van der Waals surface area contributed by atoms with E-state index in [-0.39, 0.29) is 49.2 Å². The van der Waals surface area contributed by atoms with E-state index in [1.165, 1.54) is 0 Å². The van der Waals surface area contributed by atoms with E-state index in [0.29, 0.717) is 6.10 Å². The minimum absolute atomic E-state index is 0.00680. The number of hydrogen-bond acceptors (Lipinski definition) is 6. The molecule has 9 atom stereocenters. The fourth-order valence-electron chi connectivity index (χ4n) is 3.97. The molecule has 1 N–H and O–H groups in total. The second kappa shape index (κ2) is 8.63. The Labute approximate surface area is 151 Å². The van der Waals surface area contributed by atoms with Crippen molar-refractivity contribution in [3.8, 4) is 0 Å². The molecule has 25 heavy (non-hydrogen) atoms. The molecule has 0 spiro atoms. The summed E-state index contributed by atoms with van der Waals surface area (Å²) in [6.45, 7) is 8.11. The number of aliphatic hydroxyl groups excluding tert-OH is 1. The smallest absolute Gasteiger partial charge is 0.158 e. The summed E-state index contributed by atoms with van der Waals surface area (Å²) in [5.41, 5.74) is 0. The van der Waals surface area contributed by atoms with Gasteiger partial charge in [-0.25, -0.2) is 0 Å². The molecule has 6 heteroatoms. The lowest BCUT2D eigenvalue weighted by atomic mass is 10.0. The largest absolute Gasteiger partial charge is 0.390 e. The van der Waals surface area contributed by atoms with Crippen LogP contribution in [0.15, 0.2) is 0 Å². The van der Waals surface area contributed by atoms with Gasteiger partial charge in [0.05, 0.1) is 42.7 Å². The molecule has 3 aliphatic heterocycles. The first-order valence-electron chi connectivity index (χ1n) is 9.87. The maximum absolute atomic E-state index is 9.75. The molecule has 6 nitrogen and oxygen atoms in total. The SMILES string of the molecule is CC1CC[C@@H](OC2CC[C@@H](OC3CC[C@@H](O)C(C)O3)C(C)O2)C(C)O1. The Morgan fingerprint density at radius 3 is 1.72 bits per heavy atom. The van der Waals surface area contributed by atoms with Gasteiger partial charge in [0, 0.05) is 12.8 Å². The molecule has 0 aromatic rings. The van der Waals surface area contributed by atoms with E-state index in [0.717, 1.165) is 38.5 Å². The molecule has 0 bridgehead atoms. The van der Waals surface area contributed by atoms with Crippen molar-refractivity contribution in [2.45, 2.75) is 122 Å². The van der Waals surface area contributed by atoms with Gasteiger partial charge in [0.25, 0.3) is 0 Å². The number of rotatable bonds is 4. The van der Waals surface area contributed by atoms with Gasteiger partial charge in [-0.05, 0) is 53.4 Å². The van der Waals surface area contributed by atoms with Crippen LogP contribution in [-0.2, 0) is 23.7 Å². The zero-order chi connectivity index (χ0) is 18.0. The van der Waals surface area contributed by atoms with E-state index < -0.39 is 0 Å². The standard InChI is InChI=1S/C19H34O6/c1-11-5-7-16(13(3)21-11)24-19-10-8-17(14(4)23-19)25-18-9-6-15(20)12(2)22-18/h11-20H,5-10H2,1-4H3/t11?,12?,13?,14?,15-,16-,17-,18?,19?/m1/s1. The first-order valence-corrected chi connectivity index (χ1v) is 9.87. The maximum Gasteiger partial charge on any atom is 0.158 e. The van der Waals surface area contributed by atoms with Crippen molar-refractivity contribution in [1.29, 1.82) is 0 Å². The third-order valence-corrected chi connectivity index (χ3v) is 5.66. The molecular formula is C19H34O6. The van der Waals surface area contributed by atoms with Gasteiger partial charge < -0.3 is 28.8 Å². The van der Waals surface area contributed by atoms with Gasteiger partial charge in [-0.2, -0.15) is 0 Å². The highest BCUT2D eigenvalue weighted by Gasteiger charge is 2.36. The van der Waals surface area contributed by atoms with Gasteiger partial charge in [0.2, 0.25) is 0 Å². The van der Waals surface area contributed by atoms with Crippen molar-refractivity contribution >= 4 is 0 Å². The summed E-state index contributed by atoms with van der Waals surface area (Å²) in [6, 6.07) is 0. The van der Waals surface area contributed by atoms with E-state index >= 15 is 0 Å². The average Bonchev–Trinajstić information content (AvgIpc) is 2.56. The summed E-state index contributed by atoms with van der Waals surface area (Å²) in [7, 11) is 0. The Morgan fingerprint density at radius 1 is 0.640 bits per heavy atom. The lowest BCUT2D eigenvalue weighted by Gasteiger charge is -2.41. The first-order chi connectivity index (χ1) is 11.9. The third-order valence-electron chi connectivity index (χ3n) is 5.66. The monoisotopic (exact) mass is 358 g/mol. The van der Waals surface area contributed by atoms with Gasteiger partial charge in [0.15, 0.2) is 12.6 Å². The minimum atomic E-state index is -0.389. The predicted molar refractivity (Wildman–Crippen MR) is 92.1 cm³/mol. The van der Waals surface area contributed by atoms with E-state index in [1.807, 2.05) is 13.8 Å². The van der Waals surface area contributed by atoms with Crippen LogP contribution in [0.2, 0.25) is 0 Å². The molecule has 3 saturated heterocycles. The van der Waals surface area contributed by atoms with Crippen LogP contribution in [0.25, 0.3) is 0 Å². The van der Waals surface area contributed by atoms with Crippen molar-refractivity contribution in [3.05, 3.63) is 0 Å². The van der Waals surface area contributed by atoms with Crippen LogP contribution in [-0.4, -0.2) is 60.4 Å². The Balaban J connectivity index is 1.43. The normalized spacial score (nSPS) is 49.1. The van der Waals surface area contributed by atoms with Crippen LogP contribution in [0.4, 0.5) is 0 Å². The summed E-state index contributed by atoms with van der Waals surface area (Å²) < 4.78 is 29.9. The number of aliphatic hydroxyl groups is 1. The molecule has 3 fully saturated rings. The number of hydrogen-bond donors (Lipinski definition) is 1. The molecule has 6 unspecified atom stereocenters. The highest BCUT2D eigenvalue weighted by atomic mass is 16.7. The lowest BCUT2D eigenvalue weighted by molar-refractivity contribution is -0.294. The molecule has 0 radical (unpaired) electrons. The Hall–Kier alpha value is -0.240. The molecule has 146 valence electrons. The summed E-state index contributed by atoms with van der Waals surface area (Å²) >= 11 is 0. The highest BCUT2D eigenvalue weighted by molar-refractivity contribution is 4.80. The Bertz CT molecular complexity index is 419. The van der Waals surface area contributed by atoms with Crippen LogP contribution in [0.3, 0.4) is 0 Å². The van der Waals surface area contributed by atoms with Crippen molar-refractivity contribution in [3.63, 3.8) is 0 Å². The zero-order valence-corrected chi connectivity index (χ0v) is 15.9. The fraction of sp³-hybridized carbons (Fsp3) is 1.00. The second-order valence-corrected chi connectivity index (χ2v) is 7.84. The molecule has 0 amide bonds. The van der Waals surface area contributed by atoms with Crippen LogP contribution in [0, 0.1) is 0 Å². The van der Waals surface area contributed by atoms with E-state index in [1.54, 1.807) is 0 Å². The predicted octanol–water partition coefficient (Wildman–Crippen LogP) is 2.76. The molecule has 0 aromatic carbocycles.